The van der Waals surface area contributed by atoms with Gasteiger partial charge in [-0.2, -0.15) is 0 Å². The van der Waals surface area contributed by atoms with Gasteiger partial charge in [0.2, 0.25) is 0 Å². The number of carbonyl (C=O) groups is 1. The summed E-state index contributed by atoms with van der Waals surface area (Å²) in [4.78, 5) is 11.7. The summed E-state index contributed by atoms with van der Waals surface area (Å²) in [5.41, 5.74) is 0.531. The maximum absolute atomic E-state index is 11.9. The van der Waals surface area contributed by atoms with Crippen LogP contribution in [0.25, 0.3) is 21.5 Å². The minimum absolute atomic E-state index is 0.254. The average Bonchev–Trinajstić information content (AvgIpc) is 2.43. The minimum Gasteiger partial charge on any atom is -0.298 e. The van der Waals surface area contributed by atoms with Gasteiger partial charge in [-0.25, -0.2) is 8.42 Å². The van der Waals surface area contributed by atoms with Gasteiger partial charge in [0, 0.05) is 17.2 Å². The van der Waals surface area contributed by atoms with E-state index in [0.29, 0.717) is 16.3 Å². The van der Waals surface area contributed by atoms with Crippen LogP contribution in [-0.2, 0) is 9.84 Å². The van der Waals surface area contributed by atoms with Gasteiger partial charge in [-0.15, -0.1) is 0 Å². The predicted octanol–water partition coefficient (Wildman–Crippen LogP) is 3.21. The molecule has 0 fully saturated rings. The van der Waals surface area contributed by atoms with E-state index in [2.05, 4.69) is 0 Å². The summed E-state index contributed by atoms with van der Waals surface area (Å²) >= 11 is 0. The molecular formula is C16H12O3S. The summed E-state index contributed by atoms with van der Waals surface area (Å²) in [6.45, 7) is 0. The molecule has 0 saturated carbocycles. The second kappa shape index (κ2) is 4.42. The summed E-state index contributed by atoms with van der Waals surface area (Å²) < 4.78 is 23.8. The van der Waals surface area contributed by atoms with Gasteiger partial charge in [-0.1, -0.05) is 36.4 Å². The second-order valence-corrected chi connectivity index (χ2v) is 6.74. The molecule has 0 spiro atoms. The molecule has 0 amide bonds. The van der Waals surface area contributed by atoms with Gasteiger partial charge in [0.25, 0.3) is 0 Å². The van der Waals surface area contributed by atoms with Gasteiger partial charge in [0.05, 0.1) is 4.90 Å². The van der Waals surface area contributed by atoms with E-state index in [1.54, 1.807) is 18.2 Å². The maximum atomic E-state index is 11.9. The quantitative estimate of drug-likeness (QED) is 0.536. The molecule has 0 aliphatic heterocycles. The fraction of sp³-hybridized carbons (Fsp3) is 0.0625. The van der Waals surface area contributed by atoms with E-state index in [9.17, 15) is 13.2 Å². The monoisotopic (exact) mass is 284 g/mol. The van der Waals surface area contributed by atoms with Crippen LogP contribution in [0.1, 0.15) is 10.4 Å². The van der Waals surface area contributed by atoms with Crippen LogP contribution in [0.2, 0.25) is 0 Å². The van der Waals surface area contributed by atoms with Gasteiger partial charge < -0.3 is 0 Å². The highest BCUT2D eigenvalue weighted by atomic mass is 32.2. The first-order chi connectivity index (χ1) is 9.52. The van der Waals surface area contributed by atoms with E-state index < -0.39 is 9.84 Å². The second-order valence-electron chi connectivity index (χ2n) is 4.75. The summed E-state index contributed by atoms with van der Waals surface area (Å²) in [5.74, 6) is 0. The average molecular weight is 284 g/mol. The Morgan fingerprint density at radius 2 is 1.60 bits per heavy atom. The Hall–Kier alpha value is -2.20. The highest BCUT2D eigenvalue weighted by Crippen LogP contribution is 2.31. The fourth-order valence-corrected chi connectivity index (χ4v) is 3.44. The summed E-state index contributed by atoms with van der Waals surface area (Å²) in [7, 11) is -3.34. The summed E-state index contributed by atoms with van der Waals surface area (Å²) in [6.07, 6.45) is 1.97. The predicted molar refractivity (Wildman–Crippen MR) is 80.0 cm³/mol. The zero-order valence-corrected chi connectivity index (χ0v) is 11.6. The molecule has 0 bridgehead atoms. The summed E-state index contributed by atoms with van der Waals surface area (Å²) in [5, 5.41) is 2.95. The maximum Gasteiger partial charge on any atom is 0.176 e. The van der Waals surface area contributed by atoms with Crippen LogP contribution in [0.3, 0.4) is 0 Å². The number of carbonyl (C=O) groups excluding carboxylic acids is 1. The van der Waals surface area contributed by atoms with Crippen molar-refractivity contribution in [2.45, 2.75) is 4.90 Å². The molecule has 0 aliphatic rings. The third-order valence-corrected chi connectivity index (χ3v) is 4.58. The third kappa shape index (κ3) is 1.89. The van der Waals surface area contributed by atoms with Crippen LogP contribution in [0.5, 0.6) is 0 Å². The molecule has 3 aromatic rings. The Kier molecular flexibility index (Phi) is 2.83. The van der Waals surface area contributed by atoms with Crippen molar-refractivity contribution in [2.75, 3.05) is 6.26 Å². The van der Waals surface area contributed by atoms with E-state index in [1.807, 2.05) is 30.3 Å². The molecule has 0 radical (unpaired) electrons. The first-order valence-electron chi connectivity index (χ1n) is 6.12. The van der Waals surface area contributed by atoms with Crippen molar-refractivity contribution in [1.29, 1.82) is 0 Å². The number of hydrogen-bond donors (Lipinski definition) is 0. The van der Waals surface area contributed by atoms with Crippen LogP contribution in [-0.4, -0.2) is 21.0 Å². The van der Waals surface area contributed by atoms with Crippen LogP contribution >= 0.6 is 0 Å². The lowest BCUT2D eigenvalue weighted by Gasteiger charge is -2.09. The Morgan fingerprint density at radius 1 is 0.900 bits per heavy atom. The molecule has 0 aromatic heterocycles. The Morgan fingerprint density at radius 3 is 2.30 bits per heavy atom. The largest absolute Gasteiger partial charge is 0.298 e. The molecule has 100 valence electrons. The molecule has 3 aromatic carbocycles. The van der Waals surface area contributed by atoms with Crippen LogP contribution in [0.15, 0.2) is 53.4 Å². The molecule has 3 nitrogen and oxygen atoms in total. The molecule has 0 saturated heterocycles. The standard InChI is InChI=1S/C16H12O3S/c1-20(18,19)16-8-4-7-13-14(16)9-11-5-2-3-6-12(11)15(13)10-17/h2-10H,1H3. The zero-order valence-electron chi connectivity index (χ0n) is 10.8. The number of fused-ring (bicyclic) bond motifs is 2. The number of aldehydes is 1. The van der Waals surface area contributed by atoms with Gasteiger partial charge in [-0.05, 0) is 28.3 Å². The van der Waals surface area contributed by atoms with Gasteiger partial charge in [0.15, 0.2) is 16.1 Å². The normalized spacial score (nSPS) is 11.8. The van der Waals surface area contributed by atoms with E-state index in [-0.39, 0.29) is 4.90 Å². The van der Waals surface area contributed by atoms with Crippen molar-refractivity contribution in [3.8, 4) is 0 Å². The molecule has 0 aliphatic carbocycles. The lowest BCUT2D eigenvalue weighted by molar-refractivity contribution is 0.112. The first kappa shape index (κ1) is 12.8. The lowest BCUT2D eigenvalue weighted by Crippen LogP contribution is -1.99. The minimum atomic E-state index is -3.34. The third-order valence-electron chi connectivity index (χ3n) is 3.42. The van der Waals surface area contributed by atoms with E-state index in [0.717, 1.165) is 17.1 Å². The number of sulfone groups is 1. The topological polar surface area (TPSA) is 51.2 Å². The first-order valence-corrected chi connectivity index (χ1v) is 8.01. The molecule has 0 unspecified atom stereocenters. The van der Waals surface area contributed by atoms with Crippen LogP contribution in [0.4, 0.5) is 0 Å². The van der Waals surface area contributed by atoms with Crippen molar-refractivity contribution in [3.63, 3.8) is 0 Å². The van der Waals surface area contributed by atoms with Crippen molar-refractivity contribution in [1.82, 2.24) is 0 Å². The van der Waals surface area contributed by atoms with Crippen molar-refractivity contribution >= 4 is 37.7 Å². The summed E-state index contributed by atoms with van der Waals surface area (Å²) in [6, 6.07) is 14.3. The fourth-order valence-electron chi connectivity index (χ4n) is 2.55. The molecule has 0 heterocycles. The smallest absolute Gasteiger partial charge is 0.176 e. The van der Waals surface area contributed by atoms with Crippen molar-refractivity contribution < 1.29 is 13.2 Å². The van der Waals surface area contributed by atoms with E-state index in [4.69, 9.17) is 0 Å². The Balaban J connectivity index is 2.62. The van der Waals surface area contributed by atoms with Crippen molar-refractivity contribution in [2.24, 2.45) is 0 Å². The molecule has 3 rings (SSSR count). The molecular weight excluding hydrogens is 272 g/mol. The Bertz CT molecular complexity index is 941. The molecule has 4 heteroatoms. The van der Waals surface area contributed by atoms with Crippen LogP contribution in [0, 0.1) is 0 Å². The number of hydrogen-bond acceptors (Lipinski definition) is 3. The van der Waals surface area contributed by atoms with E-state index in [1.165, 1.54) is 6.26 Å². The molecule has 0 atom stereocenters. The molecule has 0 N–H and O–H groups in total. The van der Waals surface area contributed by atoms with Crippen LogP contribution < -0.4 is 0 Å². The highest BCUT2D eigenvalue weighted by molar-refractivity contribution is 7.91. The highest BCUT2D eigenvalue weighted by Gasteiger charge is 2.15. The van der Waals surface area contributed by atoms with Gasteiger partial charge in [-0.3, -0.25) is 4.79 Å². The zero-order chi connectivity index (χ0) is 14.3. The van der Waals surface area contributed by atoms with Gasteiger partial charge >= 0.3 is 0 Å². The lowest BCUT2D eigenvalue weighted by atomic mass is 9.97. The SMILES string of the molecule is CS(=O)(=O)c1cccc2c(C=O)c3ccccc3cc12. The molecule has 20 heavy (non-hydrogen) atoms. The van der Waals surface area contributed by atoms with Crippen molar-refractivity contribution in [3.05, 3.63) is 54.1 Å². The number of rotatable bonds is 2. The number of benzene rings is 3. The van der Waals surface area contributed by atoms with E-state index >= 15 is 0 Å². The Labute approximate surface area is 116 Å². The van der Waals surface area contributed by atoms with Gasteiger partial charge in [0.1, 0.15) is 0 Å².